The van der Waals surface area contributed by atoms with E-state index in [0.29, 0.717) is 10.8 Å². The average molecular weight is 330 g/mol. The van der Waals surface area contributed by atoms with Gasteiger partial charge in [-0.1, -0.05) is 37.6 Å². The summed E-state index contributed by atoms with van der Waals surface area (Å²) in [5, 5.41) is 8.71. The highest BCUT2D eigenvalue weighted by molar-refractivity contribution is 9.10. The summed E-state index contributed by atoms with van der Waals surface area (Å²) < 4.78 is 2.56. The second-order valence-corrected chi connectivity index (χ2v) is 6.35. The minimum atomic E-state index is -0.139. The Morgan fingerprint density at radius 2 is 2.00 bits per heavy atom. The Morgan fingerprint density at radius 3 is 2.56 bits per heavy atom. The molecule has 0 spiro atoms. The van der Waals surface area contributed by atoms with Crippen LogP contribution >= 0.6 is 27.5 Å². The molecule has 1 heterocycles. The maximum absolute atomic E-state index is 5.99. The second-order valence-electron chi connectivity index (χ2n) is 5.08. The number of rotatable bonds is 1. The number of nitrogens with zero attached hydrogens (tertiary/aromatic N) is 3. The van der Waals surface area contributed by atoms with Crippen molar-refractivity contribution in [1.82, 2.24) is 15.0 Å². The van der Waals surface area contributed by atoms with Crippen LogP contribution in [0.15, 0.2) is 22.7 Å². The zero-order valence-corrected chi connectivity index (χ0v) is 12.7. The van der Waals surface area contributed by atoms with E-state index in [9.17, 15) is 0 Å². The normalized spacial score (nSPS) is 11.8. The highest BCUT2D eigenvalue weighted by Crippen LogP contribution is 2.30. The fourth-order valence-corrected chi connectivity index (χ4v) is 2.28. The lowest BCUT2D eigenvalue weighted by Crippen LogP contribution is -2.19. The molecule has 4 nitrogen and oxygen atoms in total. The van der Waals surface area contributed by atoms with Crippen LogP contribution in [0.3, 0.4) is 0 Å². The number of hydrogen-bond donors (Lipinski definition) is 1. The number of nitrogens with two attached hydrogens (primary N) is 1. The average Bonchev–Trinajstić information content (AvgIpc) is 2.64. The van der Waals surface area contributed by atoms with Gasteiger partial charge in [0.15, 0.2) is 5.82 Å². The largest absolute Gasteiger partial charge is 0.381 e. The van der Waals surface area contributed by atoms with Crippen LogP contribution in [-0.2, 0) is 5.41 Å². The Balaban J connectivity index is 2.61. The number of hydrogen-bond acceptors (Lipinski definition) is 3. The van der Waals surface area contributed by atoms with E-state index < -0.39 is 0 Å². The van der Waals surface area contributed by atoms with Gasteiger partial charge in [0, 0.05) is 9.89 Å². The third-order valence-corrected chi connectivity index (χ3v) is 3.77. The highest BCUT2D eigenvalue weighted by atomic mass is 79.9. The minimum absolute atomic E-state index is 0.139. The van der Waals surface area contributed by atoms with Crippen LogP contribution in [0.5, 0.6) is 0 Å². The second kappa shape index (κ2) is 4.55. The third kappa shape index (κ3) is 2.37. The van der Waals surface area contributed by atoms with Crippen LogP contribution in [0.2, 0.25) is 5.02 Å². The first kappa shape index (κ1) is 13.4. The van der Waals surface area contributed by atoms with Gasteiger partial charge in [-0.15, -0.1) is 5.10 Å². The van der Waals surface area contributed by atoms with Gasteiger partial charge in [-0.2, -0.15) is 0 Å². The van der Waals surface area contributed by atoms with Gasteiger partial charge in [-0.3, -0.25) is 0 Å². The molecule has 6 heteroatoms. The molecule has 2 N–H and O–H groups in total. The van der Waals surface area contributed by atoms with Gasteiger partial charge in [-0.05, 0) is 34.1 Å². The molecule has 0 aliphatic rings. The number of anilines is 1. The van der Waals surface area contributed by atoms with Gasteiger partial charge in [-0.25, -0.2) is 4.68 Å². The van der Waals surface area contributed by atoms with Crippen molar-refractivity contribution in [2.45, 2.75) is 26.2 Å². The molecule has 0 radical (unpaired) electrons. The van der Waals surface area contributed by atoms with Crippen molar-refractivity contribution < 1.29 is 0 Å². The molecular weight excluding hydrogens is 316 g/mol. The number of benzene rings is 1. The summed E-state index contributed by atoms with van der Waals surface area (Å²) in [7, 11) is 0. The highest BCUT2D eigenvalue weighted by Gasteiger charge is 2.24. The zero-order valence-electron chi connectivity index (χ0n) is 10.4. The minimum Gasteiger partial charge on any atom is -0.381 e. The van der Waals surface area contributed by atoms with E-state index in [1.54, 1.807) is 4.68 Å². The molecule has 96 valence electrons. The van der Waals surface area contributed by atoms with Crippen molar-refractivity contribution in [3.63, 3.8) is 0 Å². The standard InChI is InChI=1S/C12H14BrClN4/c1-12(2,3)10-11(15)16-17-18(10)7-4-5-9(14)8(13)6-7/h4-6H,15H2,1-3H3. The molecule has 0 bridgehead atoms. The van der Waals surface area contributed by atoms with Crippen LogP contribution in [-0.4, -0.2) is 15.0 Å². The van der Waals surface area contributed by atoms with E-state index in [1.165, 1.54) is 0 Å². The summed E-state index contributed by atoms with van der Waals surface area (Å²) in [6, 6.07) is 5.59. The van der Waals surface area contributed by atoms with Crippen LogP contribution in [0, 0.1) is 0 Å². The summed E-state index contributed by atoms with van der Waals surface area (Å²) in [5.74, 6) is 0.452. The number of nitrogen functional groups attached to an aromatic ring is 1. The Bertz CT molecular complexity index is 586. The lowest BCUT2D eigenvalue weighted by Gasteiger charge is -2.20. The molecular formula is C12H14BrClN4. The van der Waals surface area contributed by atoms with Crippen molar-refractivity contribution in [1.29, 1.82) is 0 Å². The summed E-state index contributed by atoms with van der Waals surface area (Å²) in [4.78, 5) is 0. The maximum atomic E-state index is 5.99. The van der Waals surface area contributed by atoms with E-state index in [4.69, 9.17) is 17.3 Å². The van der Waals surface area contributed by atoms with Crippen LogP contribution < -0.4 is 5.73 Å². The quantitative estimate of drug-likeness (QED) is 0.870. The van der Waals surface area contributed by atoms with Crippen LogP contribution in [0.25, 0.3) is 5.69 Å². The van der Waals surface area contributed by atoms with E-state index in [2.05, 4.69) is 47.0 Å². The molecule has 0 saturated heterocycles. The molecule has 1 aromatic heterocycles. The van der Waals surface area contributed by atoms with Crippen molar-refractivity contribution in [3.8, 4) is 5.69 Å². The topological polar surface area (TPSA) is 56.7 Å². The smallest absolute Gasteiger partial charge is 0.170 e. The summed E-state index contributed by atoms with van der Waals surface area (Å²) in [5.41, 5.74) is 7.52. The maximum Gasteiger partial charge on any atom is 0.170 e. The van der Waals surface area contributed by atoms with Crippen LogP contribution in [0.1, 0.15) is 26.5 Å². The molecule has 0 aliphatic carbocycles. The molecule has 0 atom stereocenters. The van der Waals surface area contributed by atoms with Crippen LogP contribution in [0.4, 0.5) is 5.82 Å². The van der Waals surface area contributed by atoms with Crippen molar-refractivity contribution in [3.05, 3.63) is 33.4 Å². The molecule has 2 rings (SSSR count). The fraction of sp³-hybridized carbons (Fsp3) is 0.333. The Hall–Kier alpha value is -1.07. The summed E-state index contributed by atoms with van der Waals surface area (Å²) in [6.07, 6.45) is 0. The predicted molar refractivity (Wildman–Crippen MR) is 77.2 cm³/mol. The molecule has 1 aromatic carbocycles. The first-order valence-corrected chi connectivity index (χ1v) is 6.65. The lowest BCUT2D eigenvalue weighted by atomic mass is 9.91. The summed E-state index contributed by atoms with van der Waals surface area (Å²) in [6.45, 7) is 6.22. The summed E-state index contributed by atoms with van der Waals surface area (Å²) >= 11 is 9.39. The first-order valence-electron chi connectivity index (χ1n) is 5.48. The SMILES string of the molecule is CC(C)(C)c1c(N)nnn1-c1ccc(Cl)c(Br)c1. The Kier molecular flexibility index (Phi) is 3.38. The monoisotopic (exact) mass is 328 g/mol. The third-order valence-electron chi connectivity index (χ3n) is 2.55. The number of halogens is 2. The van der Waals surface area contributed by atoms with Gasteiger partial charge >= 0.3 is 0 Å². The fourth-order valence-electron chi connectivity index (χ4n) is 1.79. The zero-order chi connectivity index (χ0) is 13.5. The molecule has 0 aliphatic heterocycles. The number of aromatic nitrogens is 3. The molecule has 2 aromatic rings. The van der Waals surface area contributed by atoms with Gasteiger partial charge in [0.2, 0.25) is 0 Å². The van der Waals surface area contributed by atoms with Crippen molar-refractivity contribution in [2.24, 2.45) is 0 Å². The van der Waals surface area contributed by atoms with Crippen molar-refractivity contribution in [2.75, 3.05) is 5.73 Å². The lowest BCUT2D eigenvalue weighted by molar-refractivity contribution is 0.544. The van der Waals surface area contributed by atoms with Gasteiger partial charge < -0.3 is 5.73 Å². The molecule has 0 fully saturated rings. The van der Waals surface area contributed by atoms with E-state index in [0.717, 1.165) is 15.9 Å². The Morgan fingerprint density at radius 1 is 1.33 bits per heavy atom. The van der Waals surface area contributed by atoms with Gasteiger partial charge in [0.05, 0.1) is 16.4 Å². The first-order chi connectivity index (χ1) is 8.30. The van der Waals surface area contributed by atoms with E-state index in [1.807, 2.05) is 18.2 Å². The molecule has 0 saturated carbocycles. The molecule has 0 amide bonds. The molecule has 0 unspecified atom stereocenters. The van der Waals surface area contributed by atoms with E-state index in [-0.39, 0.29) is 5.41 Å². The van der Waals surface area contributed by atoms with Gasteiger partial charge in [0.1, 0.15) is 0 Å². The van der Waals surface area contributed by atoms with Crippen molar-refractivity contribution >= 4 is 33.3 Å². The molecule has 18 heavy (non-hydrogen) atoms. The van der Waals surface area contributed by atoms with Gasteiger partial charge in [0.25, 0.3) is 0 Å². The Labute approximate surface area is 119 Å². The predicted octanol–water partition coefficient (Wildman–Crippen LogP) is 3.56. The van der Waals surface area contributed by atoms with E-state index >= 15 is 0 Å².